The summed E-state index contributed by atoms with van der Waals surface area (Å²) >= 11 is 1.29. The molecule has 122 valence electrons. The molecule has 0 fully saturated rings. The maximum Gasteiger partial charge on any atom is 0.318 e. The smallest absolute Gasteiger partial charge is 0.318 e. The lowest BCUT2D eigenvalue weighted by atomic mass is 10.2. The van der Waals surface area contributed by atoms with Crippen molar-refractivity contribution in [3.05, 3.63) is 30.1 Å². The molecule has 0 amide bonds. The van der Waals surface area contributed by atoms with Crippen molar-refractivity contribution in [3.8, 4) is 11.5 Å². The van der Waals surface area contributed by atoms with Crippen molar-refractivity contribution in [2.45, 2.75) is 23.4 Å². The van der Waals surface area contributed by atoms with Crippen molar-refractivity contribution in [1.29, 1.82) is 0 Å². The van der Waals surface area contributed by atoms with Crippen LogP contribution in [0.1, 0.15) is 18.9 Å². The van der Waals surface area contributed by atoms with Gasteiger partial charge in [0.25, 0.3) is 0 Å². The highest BCUT2D eigenvalue weighted by atomic mass is 32.2. The van der Waals surface area contributed by atoms with Gasteiger partial charge >= 0.3 is 5.97 Å². The molecule has 2 atom stereocenters. The standard InChI is InChI=1S/C15H17N3O4S/c1-9(14(19)20-3)23-15-17-16-13(18(15)2)12-8-21-10-6-4-5-7-11(10)22-12/h4-7,9,12H,8H2,1-3H3/t9-,12-/m1/s1. The zero-order chi connectivity index (χ0) is 16.4. The van der Waals surface area contributed by atoms with E-state index in [0.29, 0.717) is 23.3 Å². The second-order valence-electron chi connectivity index (χ2n) is 5.05. The molecular formula is C15H17N3O4S. The van der Waals surface area contributed by atoms with E-state index in [1.807, 2.05) is 35.9 Å². The van der Waals surface area contributed by atoms with Crippen molar-refractivity contribution in [3.63, 3.8) is 0 Å². The van der Waals surface area contributed by atoms with Crippen LogP contribution >= 0.6 is 11.8 Å². The van der Waals surface area contributed by atoms with Crippen LogP contribution < -0.4 is 9.47 Å². The Balaban J connectivity index is 1.76. The molecule has 2 aromatic rings. The summed E-state index contributed by atoms with van der Waals surface area (Å²) in [7, 11) is 3.21. The summed E-state index contributed by atoms with van der Waals surface area (Å²) in [5.74, 6) is 1.76. The summed E-state index contributed by atoms with van der Waals surface area (Å²) in [4.78, 5) is 11.5. The predicted octanol–water partition coefficient (Wildman–Crippen LogP) is 1.98. The highest BCUT2D eigenvalue weighted by Crippen LogP contribution is 2.36. The molecule has 0 spiro atoms. The fourth-order valence-electron chi connectivity index (χ4n) is 2.23. The van der Waals surface area contributed by atoms with E-state index in [4.69, 9.17) is 14.2 Å². The molecule has 0 saturated heterocycles. The predicted molar refractivity (Wildman–Crippen MR) is 83.6 cm³/mol. The lowest BCUT2D eigenvalue weighted by Gasteiger charge is -2.25. The van der Waals surface area contributed by atoms with Crippen LogP contribution in [0.4, 0.5) is 0 Å². The Kier molecular flexibility index (Phi) is 4.42. The van der Waals surface area contributed by atoms with Gasteiger partial charge in [0.2, 0.25) is 0 Å². The Morgan fingerprint density at radius 2 is 2.13 bits per heavy atom. The number of fused-ring (bicyclic) bond motifs is 1. The number of rotatable bonds is 4. The van der Waals surface area contributed by atoms with E-state index in [1.165, 1.54) is 18.9 Å². The molecule has 0 saturated carbocycles. The van der Waals surface area contributed by atoms with Gasteiger partial charge in [-0.25, -0.2) is 0 Å². The Morgan fingerprint density at radius 1 is 1.39 bits per heavy atom. The first kappa shape index (κ1) is 15.7. The van der Waals surface area contributed by atoms with Gasteiger partial charge in [0.1, 0.15) is 11.9 Å². The Morgan fingerprint density at radius 3 is 2.87 bits per heavy atom. The quantitative estimate of drug-likeness (QED) is 0.624. The summed E-state index contributed by atoms with van der Waals surface area (Å²) in [6.07, 6.45) is -0.342. The van der Waals surface area contributed by atoms with Crippen LogP contribution in [0.2, 0.25) is 0 Å². The van der Waals surface area contributed by atoms with Gasteiger partial charge in [0.15, 0.2) is 28.6 Å². The number of hydrogen-bond acceptors (Lipinski definition) is 7. The lowest BCUT2D eigenvalue weighted by molar-refractivity contribution is -0.139. The molecule has 0 unspecified atom stereocenters. The van der Waals surface area contributed by atoms with E-state index in [1.54, 1.807) is 6.92 Å². The number of ether oxygens (including phenoxy) is 3. The number of nitrogens with zero attached hydrogens (tertiary/aromatic N) is 3. The highest BCUT2D eigenvalue weighted by molar-refractivity contribution is 8.00. The van der Waals surface area contributed by atoms with E-state index in [0.717, 1.165) is 5.75 Å². The largest absolute Gasteiger partial charge is 0.485 e. The molecule has 1 aromatic heterocycles. The Labute approximate surface area is 137 Å². The number of para-hydroxylation sites is 2. The van der Waals surface area contributed by atoms with Crippen LogP contribution in [-0.2, 0) is 16.6 Å². The van der Waals surface area contributed by atoms with Crippen molar-refractivity contribution < 1.29 is 19.0 Å². The van der Waals surface area contributed by atoms with E-state index in [-0.39, 0.29) is 17.3 Å². The number of benzene rings is 1. The summed E-state index contributed by atoms with van der Waals surface area (Å²) in [5.41, 5.74) is 0. The average molecular weight is 335 g/mol. The van der Waals surface area contributed by atoms with Gasteiger partial charge in [-0.1, -0.05) is 23.9 Å². The topological polar surface area (TPSA) is 75.5 Å². The maximum absolute atomic E-state index is 11.5. The molecular weight excluding hydrogens is 318 g/mol. The third kappa shape index (κ3) is 3.12. The molecule has 1 aliphatic rings. The van der Waals surface area contributed by atoms with Gasteiger partial charge in [0.05, 0.1) is 7.11 Å². The van der Waals surface area contributed by atoms with Crippen molar-refractivity contribution >= 4 is 17.7 Å². The van der Waals surface area contributed by atoms with Gasteiger partial charge in [-0.05, 0) is 19.1 Å². The molecule has 0 radical (unpaired) electrons. The van der Waals surface area contributed by atoms with E-state index in [2.05, 4.69) is 10.2 Å². The van der Waals surface area contributed by atoms with Crippen LogP contribution in [0, 0.1) is 0 Å². The average Bonchev–Trinajstić information content (AvgIpc) is 2.94. The Hall–Kier alpha value is -2.22. The monoisotopic (exact) mass is 335 g/mol. The van der Waals surface area contributed by atoms with Crippen LogP contribution in [0.15, 0.2) is 29.4 Å². The number of carbonyl (C=O) groups is 1. The number of aromatic nitrogens is 3. The third-order valence-corrected chi connectivity index (χ3v) is 4.59. The van der Waals surface area contributed by atoms with Gasteiger partial charge in [0, 0.05) is 7.05 Å². The Bertz CT molecular complexity index is 718. The fourth-order valence-corrected chi connectivity index (χ4v) is 3.08. The molecule has 1 aliphatic heterocycles. The van der Waals surface area contributed by atoms with Crippen LogP contribution in [0.25, 0.3) is 0 Å². The molecule has 1 aromatic carbocycles. The van der Waals surface area contributed by atoms with Gasteiger partial charge in [-0.3, -0.25) is 4.79 Å². The molecule has 8 heteroatoms. The molecule has 0 bridgehead atoms. The summed E-state index contributed by atoms with van der Waals surface area (Å²) in [6.45, 7) is 2.13. The van der Waals surface area contributed by atoms with Crippen LogP contribution in [0.5, 0.6) is 11.5 Å². The number of carbonyl (C=O) groups excluding carboxylic acids is 1. The molecule has 2 heterocycles. The van der Waals surface area contributed by atoms with Gasteiger partial charge in [-0.15, -0.1) is 10.2 Å². The molecule has 0 aliphatic carbocycles. The number of esters is 1. The highest BCUT2D eigenvalue weighted by Gasteiger charge is 2.28. The second kappa shape index (κ2) is 6.49. The summed E-state index contributed by atoms with van der Waals surface area (Å²) in [6, 6.07) is 7.50. The van der Waals surface area contributed by atoms with Gasteiger partial charge in [-0.2, -0.15) is 0 Å². The fraction of sp³-hybridized carbons (Fsp3) is 0.400. The molecule has 0 N–H and O–H groups in total. The first-order valence-corrected chi connectivity index (χ1v) is 8.00. The summed E-state index contributed by atoms with van der Waals surface area (Å²) < 4.78 is 18.2. The molecule has 3 rings (SSSR count). The van der Waals surface area contributed by atoms with Crippen LogP contribution in [0.3, 0.4) is 0 Å². The molecule has 23 heavy (non-hydrogen) atoms. The van der Waals surface area contributed by atoms with Gasteiger partial charge < -0.3 is 18.8 Å². The van der Waals surface area contributed by atoms with Crippen molar-refractivity contribution in [1.82, 2.24) is 14.8 Å². The number of methoxy groups -OCH3 is 1. The number of hydrogen-bond donors (Lipinski definition) is 0. The minimum Gasteiger partial charge on any atom is -0.485 e. The van der Waals surface area contributed by atoms with E-state index < -0.39 is 0 Å². The van der Waals surface area contributed by atoms with Crippen LogP contribution in [-0.4, -0.2) is 39.7 Å². The first-order valence-electron chi connectivity index (χ1n) is 7.12. The minimum atomic E-state index is -0.361. The lowest BCUT2D eigenvalue weighted by Crippen LogP contribution is -2.24. The van der Waals surface area contributed by atoms with E-state index in [9.17, 15) is 4.79 Å². The SMILES string of the molecule is COC(=O)[C@@H](C)Sc1nnc([C@H]2COc3ccccc3O2)n1C. The maximum atomic E-state index is 11.5. The number of thioether (sulfide) groups is 1. The summed E-state index contributed by atoms with van der Waals surface area (Å²) in [5, 5.41) is 8.59. The van der Waals surface area contributed by atoms with Crippen molar-refractivity contribution in [2.75, 3.05) is 13.7 Å². The normalized spacial score (nSPS) is 17.6. The second-order valence-corrected chi connectivity index (χ2v) is 6.36. The first-order chi connectivity index (χ1) is 11.1. The zero-order valence-electron chi connectivity index (χ0n) is 13.1. The minimum absolute atomic E-state index is 0.300. The van der Waals surface area contributed by atoms with E-state index >= 15 is 0 Å². The zero-order valence-corrected chi connectivity index (χ0v) is 13.9. The third-order valence-electron chi connectivity index (χ3n) is 3.48. The molecule has 7 nitrogen and oxygen atoms in total. The van der Waals surface area contributed by atoms with Crippen molar-refractivity contribution in [2.24, 2.45) is 7.05 Å².